The van der Waals surface area contributed by atoms with Crippen molar-refractivity contribution in [1.82, 2.24) is 4.98 Å². The second kappa shape index (κ2) is 10.6. The molecule has 0 bridgehead atoms. The molecular formula is C13H17I5N-3. The van der Waals surface area contributed by atoms with Crippen LogP contribution < -0.4 is 66.4 Å². The van der Waals surface area contributed by atoms with E-state index in [-0.39, 0.29) is 21.2 Å². The third-order valence-electron chi connectivity index (χ3n) is 2.77. The molecule has 1 heterocycles. The summed E-state index contributed by atoms with van der Waals surface area (Å²) in [6.07, 6.45) is 3.33. The van der Waals surface area contributed by atoms with E-state index in [0.29, 0.717) is 6.84 Å². The van der Waals surface area contributed by atoms with Gasteiger partial charge >= 0.3 is 186 Å². The Morgan fingerprint density at radius 2 is 2.16 bits per heavy atom. The van der Waals surface area contributed by atoms with E-state index in [1.54, 1.807) is 5.56 Å². The third kappa shape index (κ3) is 6.07. The monoisotopic (exact) mass is 823 g/mol. The predicted molar refractivity (Wildman–Crippen MR) is 86.3 cm³/mol. The van der Waals surface area contributed by atoms with Crippen molar-refractivity contribution in [2.24, 2.45) is 0 Å². The van der Waals surface area contributed by atoms with Crippen LogP contribution in [0.1, 0.15) is 23.9 Å². The molecule has 0 atom stereocenters. The number of aryl methyl sites for hydroxylation is 1. The molecule has 0 aliphatic rings. The molecule has 112 valence electrons. The predicted octanol–water partition coefficient (Wildman–Crippen LogP) is -5.79. The summed E-state index contributed by atoms with van der Waals surface area (Å²) in [5.41, 5.74) is 5.56. The van der Waals surface area contributed by atoms with Gasteiger partial charge in [-0.2, -0.15) is 0 Å². The number of hydrogen-bond donors (Lipinski definition) is 0. The quantitative estimate of drug-likeness (QED) is 0.198. The van der Waals surface area contributed by atoms with Crippen molar-refractivity contribution in [1.29, 1.82) is 0 Å². The first kappa shape index (κ1) is 18.1. The third-order valence-corrected chi connectivity index (χ3v) is 6.92. The van der Waals surface area contributed by atoms with Crippen LogP contribution in [0, 0.1) is 10.5 Å². The normalized spacial score (nSPS) is 13.6. The van der Waals surface area contributed by atoms with Gasteiger partial charge in [0, 0.05) is 0 Å². The molecule has 2 radical (unpaired) electrons. The van der Waals surface area contributed by atoms with E-state index in [9.17, 15) is 0 Å². The van der Waals surface area contributed by atoms with Crippen molar-refractivity contribution in [2.75, 3.05) is 13.8 Å². The molecule has 1 nitrogen and oxygen atoms in total. The standard InChI is InChI=1S/C13H17I5N/c1-8-13(18-2)10(4-6-15)9(3-5-14)11(19-8)7-12(16)17/h12H,3-7H2,1-2H3/q-3/i2D. The number of rotatable bonds is 7. The molecular weight excluding hydrogens is 805 g/mol. The first-order valence-corrected chi connectivity index (χ1v) is 14.0. The van der Waals surface area contributed by atoms with E-state index in [0.717, 1.165) is 28.1 Å². The van der Waals surface area contributed by atoms with Gasteiger partial charge in [-0.05, 0) is 0 Å². The average molecular weight is 823 g/mol. The van der Waals surface area contributed by atoms with E-state index in [2.05, 4.69) is 97.3 Å². The average Bonchev–Trinajstić information content (AvgIpc) is 2.37. The summed E-state index contributed by atoms with van der Waals surface area (Å²) in [4.78, 5) is 5.49. The Morgan fingerprint density at radius 1 is 1.42 bits per heavy atom. The van der Waals surface area contributed by atoms with Crippen molar-refractivity contribution >= 4 is 45.2 Å². The van der Waals surface area contributed by atoms with Gasteiger partial charge in [0.15, 0.2) is 0 Å². The first-order valence-electron chi connectivity index (χ1n) is 6.55. The Labute approximate surface area is 182 Å². The van der Waals surface area contributed by atoms with Crippen LogP contribution in [0.3, 0.4) is 0 Å². The summed E-state index contributed by atoms with van der Waals surface area (Å²) in [7, 11) is 0. The number of halogens is 5. The molecule has 0 saturated carbocycles. The zero-order valence-electron chi connectivity index (χ0n) is 11.7. The van der Waals surface area contributed by atoms with Crippen LogP contribution in [-0.4, -0.2) is 20.7 Å². The van der Waals surface area contributed by atoms with E-state index < -0.39 is 0 Å². The van der Waals surface area contributed by atoms with Gasteiger partial charge in [0.1, 0.15) is 0 Å². The molecule has 0 spiro atoms. The van der Waals surface area contributed by atoms with E-state index in [1.807, 2.05) is 0 Å². The fourth-order valence-electron chi connectivity index (χ4n) is 2.08. The topological polar surface area (TPSA) is 12.9 Å². The summed E-state index contributed by atoms with van der Waals surface area (Å²) >= 11 is 9.71. The van der Waals surface area contributed by atoms with Gasteiger partial charge in [-0.25, -0.2) is 0 Å². The molecule has 0 unspecified atom stereocenters. The van der Waals surface area contributed by atoms with Crippen LogP contribution in [0.5, 0.6) is 0 Å². The first-order chi connectivity index (χ1) is 9.54. The maximum absolute atomic E-state index is 7.62. The molecule has 0 aliphatic heterocycles. The second-order valence-corrected chi connectivity index (χ2v) is 13.4. The summed E-state index contributed by atoms with van der Waals surface area (Å²) in [6, 6.07) is 0. The van der Waals surface area contributed by atoms with Gasteiger partial charge in [-0.1, -0.05) is 0 Å². The van der Waals surface area contributed by atoms with Gasteiger partial charge in [0.25, 0.3) is 0 Å². The molecule has 1 rings (SSSR count). The Hall–Kier alpha value is 2.80. The second-order valence-electron chi connectivity index (χ2n) is 4.02. The Kier molecular flexibility index (Phi) is 10.1. The zero-order valence-corrected chi connectivity index (χ0v) is 21.4. The zero-order chi connectivity index (χ0) is 15.1. The van der Waals surface area contributed by atoms with Crippen molar-refractivity contribution < 1.29 is 67.8 Å². The minimum atomic E-state index is -0.193. The van der Waals surface area contributed by atoms with E-state index >= 15 is 0 Å². The van der Waals surface area contributed by atoms with Gasteiger partial charge in [-0.3, -0.25) is 0 Å². The van der Waals surface area contributed by atoms with Crippen LogP contribution in [0.25, 0.3) is 0 Å². The summed E-state index contributed by atoms with van der Waals surface area (Å²) in [5.74, 6) is 0. The van der Waals surface area contributed by atoms with Crippen molar-refractivity contribution in [3.05, 3.63) is 26.1 Å². The Balaban J connectivity index is 3.38. The summed E-state index contributed by atoms with van der Waals surface area (Å²) in [5, 5.41) is 0. The number of hydrogen-bond acceptors (Lipinski definition) is 1. The van der Waals surface area contributed by atoms with Crippen molar-refractivity contribution in [3.8, 4) is 0 Å². The van der Waals surface area contributed by atoms with Crippen molar-refractivity contribution in [2.45, 2.75) is 28.1 Å². The van der Waals surface area contributed by atoms with Gasteiger partial charge in [0.05, 0.1) is 0 Å². The minimum absolute atomic E-state index is 0.193. The number of nitrogens with zero attached hydrogens (tertiary/aromatic N) is 1. The SMILES string of the molecule is [2H]C[I-]c1c(C)nc(CC(I)[I-])c(CC[I-])c1CCI. The molecule has 0 N–H and O–H groups in total. The number of aromatic nitrogens is 1. The fourth-order valence-corrected chi connectivity index (χ4v) is 5.72. The molecule has 0 saturated heterocycles. The van der Waals surface area contributed by atoms with Gasteiger partial charge < -0.3 is 0 Å². The summed E-state index contributed by atoms with van der Waals surface area (Å²) in [6.45, 7) is 2.15. The molecule has 1 aromatic heterocycles. The molecule has 0 fully saturated rings. The molecule has 19 heavy (non-hydrogen) atoms. The summed E-state index contributed by atoms with van der Waals surface area (Å²) < 4.78 is 12.0. The van der Waals surface area contributed by atoms with E-state index in [1.165, 1.54) is 20.5 Å². The molecule has 6 heteroatoms. The van der Waals surface area contributed by atoms with Gasteiger partial charge in [0.2, 0.25) is 0 Å². The Morgan fingerprint density at radius 3 is 2.68 bits per heavy atom. The van der Waals surface area contributed by atoms with Crippen LogP contribution in [0.2, 0.25) is 0 Å². The fraction of sp³-hybridized carbons (Fsp3) is 0.615. The Bertz CT molecular complexity index is 439. The van der Waals surface area contributed by atoms with Crippen molar-refractivity contribution in [3.63, 3.8) is 0 Å². The number of pyridine rings is 1. The molecule has 0 aromatic carbocycles. The van der Waals surface area contributed by atoms with Gasteiger partial charge in [-0.15, -0.1) is 0 Å². The molecule has 0 aliphatic carbocycles. The molecule has 0 amide bonds. The maximum atomic E-state index is 7.62. The van der Waals surface area contributed by atoms with E-state index in [4.69, 9.17) is 6.35 Å². The van der Waals surface area contributed by atoms with Crippen LogP contribution in [-0.2, 0) is 19.3 Å². The van der Waals surface area contributed by atoms with Crippen LogP contribution >= 0.6 is 45.2 Å². The van der Waals surface area contributed by atoms with Crippen LogP contribution in [0.15, 0.2) is 0 Å². The molecule has 1 aromatic rings. The van der Waals surface area contributed by atoms with Crippen LogP contribution in [0.4, 0.5) is 0 Å². The number of alkyl halides is 5.